The SMILES string of the molecule is CC(=O)N1CCOc2cc(/C=C3\SC(=O)NC3=O)ccc21. The van der Waals surface area contributed by atoms with Gasteiger partial charge in [0, 0.05) is 6.92 Å². The molecule has 0 spiro atoms. The van der Waals surface area contributed by atoms with Crippen LogP contribution in [0.25, 0.3) is 6.08 Å². The van der Waals surface area contributed by atoms with Gasteiger partial charge in [-0.25, -0.2) is 0 Å². The van der Waals surface area contributed by atoms with Gasteiger partial charge < -0.3 is 9.64 Å². The van der Waals surface area contributed by atoms with Gasteiger partial charge in [0.15, 0.2) is 0 Å². The number of benzene rings is 1. The molecule has 3 amide bonds. The van der Waals surface area contributed by atoms with Crippen LogP contribution in [0, 0.1) is 0 Å². The number of anilines is 1. The predicted octanol–water partition coefficient (Wildman–Crippen LogP) is 1.76. The van der Waals surface area contributed by atoms with E-state index in [1.165, 1.54) is 6.92 Å². The molecule has 0 saturated carbocycles. The van der Waals surface area contributed by atoms with Crippen LogP contribution in [-0.2, 0) is 9.59 Å². The van der Waals surface area contributed by atoms with E-state index >= 15 is 0 Å². The van der Waals surface area contributed by atoms with Crippen LogP contribution in [0.3, 0.4) is 0 Å². The van der Waals surface area contributed by atoms with Crippen LogP contribution in [0.4, 0.5) is 10.5 Å². The van der Waals surface area contributed by atoms with Gasteiger partial charge in [-0.1, -0.05) is 6.07 Å². The minimum Gasteiger partial charge on any atom is -0.490 e. The summed E-state index contributed by atoms with van der Waals surface area (Å²) in [5.41, 5.74) is 1.46. The maximum atomic E-state index is 11.6. The smallest absolute Gasteiger partial charge is 0.290 e. The number of carbonyl (C=O) groups excluding carboxylic acids is 3. The largest absolute Gasteiger partial charge is 0.490 e. The first-order valence-corrected chi connectivity index (χ1v) is 7.16. The maximum absolute atomic E-state index is 11.6. The number of ether oxygens (including phenoxy) is 1. The summed E-state index contributed by atoms with van der Waals surface area (Å²) in [6.07, 6.45) is 1.63. The van der Waals surface area contributed by atoms with E-state index < -0.39 is 5.91 Å². The molecule has 1 aromatic carbocycles. The molecule has 2 heterocycles. The third-order valence-electron chi connectivity index (χ3n) is 3.17. The highest BCUT2D eigenvalue weighted by molar-refractivity contribution is 8.18. The molecule has 108 valence electrons. The Bertz CT molecular complexity index is 684. The van der Waals surface area contributed by atoms with Gasteiger partial charge in [-0.2, -0.15) is 0 Å². The molecular formula is C14H12N2O4S. The van der Waals surface area contributed by atoms with Gasteiger partial charge >= 0.3 is 0 Å². The number of thioether (sulfide) groups is 1. The van der Waals surface area contributed by atoms with Crippen molar-refractivity contribution in [2.45, 2.75) is 6.92 Å². The number of nitrogens with one attached hydrogen (secondary N) is 1. The Balaban J connectivity index is 1.93. The van der Waals surface area contributed by atoms with Crippen LogP contribution >= 0.6 is 11.8 Å². The van der Waals surface area contributed by atoms with Crippen molar-refractivity contribution < 1.29 is 19.1 Å². The summed E-state index contributed by atoms with van der Waals surface area (Å²) >= 11 is 0.868. The molecule has 7 heteroatoms. The summed E-state index contributed by atoms with van der Waals surface area (Å²) in [5, 5.41) is 1.83. The van der Waals surface area contributed by atoms with Gasteiger partial charge in [0.25, 0.3) is 11.1 Å². The molecule has 0 atom stereocenters. The van der Waals surface area contributed by atoms with E-state index in [0.717, 1.165) is 23.0 Å². The number of imide groups is 1. The lowest BCUT2D eigenvalue weighted by molar-refractivity contribution is -0.117. The van der Waals surface area contributed by atoms with Gasteiger partial charge in [0.1, 0.15) is 12.4 Å². The lowest BCUT2D eigenvalue weighted by Gasteiger charge is -2.28. The Morgan fingerprint density at radius 3 is 2.90 bits per heavy atom. The molecule has 0 unspecified atom stereocenters. The quantitative estimate of drug-likeness (QED) is 0.800. The minimum atomic E-state index is -0.394. The summed E-state index contributed by atoms with van der Waals surface area (Å²) in [5.74, 6) is 0.163. The molecular weight excluding hydrogens is 292 g/mol. The standard InChI is InChI=1S/C14H12N2O4S/c1-8(17)16-4-5-20-11-6-9(2-3-10(11)16)7-12-13(18)15-14(19)21-12/h2-3,6-7H,4-5H2,1H3,(H,15,18,19)/b12-7-. The molecule has 6 nitrogen and oxygen atoms in total. The van der Waals surface area contributed by atoms with E-state index in [4.69, 9.17) is 4.74 Å². The summed E-state index contributed by atoms with van der Waals surface area (Å²) in [6.45, 7) is 2.46. The summed E-state index contributed by atoms with van der Waals surface area (Å²) in [7, 11) is 0. The molecule has 0 bridgehead atoms. The molecule has 2 aliphatic heterocycles. The first-order chi connectivity index (χ1) is 10.0. The Morgan fingerprint density at radius 1 is 1.43 bits per heavy atom. The second kappa shape index (κ2) is 5.25. The van der Waals surface area contributed by atoms with Crippen LogP contribution < -0.4 is 15.0 Å². The van der Waals surface area contributed by atoms with Crippen molar-refractivity contribution in [2.24, 2.45) is 0 Å². The van der Waals surface area contributed by atoms with Crippen molar-refractivity contribution in [3.8, 4) is 5.75 Å². The van der Waals surface area contributed by atoms with Gasteiger partial charge in [0.05, 0.1) is 17.1 Å². The van der Waals surface area contributed by atoms with Gasteiger partial charge in [-0.15, -0.1) is 0 Å². The Hall–Kier alpha value is -2.28. The van der Waals surface area contributed by atoms with Crippen LogP contribution in [0.2, 0.25) is 0 Å². The molecule has 0 aliphatic carbocycles. The fourth-order valence-electron chi connectivity index (χ4n) is 2.23. The van der Waals surface area contributed by atoms with E-state index in [2.05, 4.69) is 5.32 Å². The molecule has 0 aromatic heterocycles. The molecule has 1 saturated heterocycles. The predicted molar refractivity (Wildman–Crippen MR) is 79.1 cm³/mol. The summed E-state index contributed by atoms with van der Waals surface area (Å²) < 4.78 is 5.56. The zero-order valence-corrected chi connectivity index (χ0v) is 12.0. The van der Waals surface area contributed by atoms with E-state index in [-0.39, 0.29) is 11.1 Å². The first kappa shape index (κ1) is 13.7. The zero-order chi connectivity index (χ0) is 15.0. The third kappa shape index (κ3) is 2.64. The Kier molecular flexibility index (Phi) is 3.42. The zero-order valence-electron chi connectivity index (χ0n) is 11.2. The Morgan fingerprint density at radius 2 is 2.24 bits per heavy atom. The van der Waals surface area contributed by atoms with Crippen molar-refractivity contribution in [1.82, 2.24) is 5.32 Å². The monoisotopic (exact) mass is 304 g/mol. The van der Waals surface area contributed by atoms with Crippen molar-refractivity contribution in [3.05, 3.63) is 28.7 Å². The molecule has 1 fully saturated rings. The van der Waals surface area contributed by atoms with Gasteiger partial charge in [0.2, 0.25) is 5.91 Å². The maximum Gasteiger partial charge on any atom is 0.290 e. The molecule has 0 radical (unpaired) electrons. The fourth-order valence-corrected chi connectivity index (χ4v) is 2.91. The molecule has 2 aliphatic rings. The number of carbonyl (C=O) groups is 3. The highest BCUT2D eigenvalue weighted by Crippen LogP contribution is 2.34. The lowest BCUT2D eigenvalue weighted by Crippen LogP contribution is -2.36. The average Bonchev–Trinajstić information content (AvgIpc) is 2.75. The van der Waals surface area contributed by atoms with E-state index in [0.29, 0.717) is 23.8 Å². The lowest BCUT2D eigenvalue weighted by atomic mass is 10.1. The van der Waals surface area contributed by atoms with Gasteiger partial charge in [-0.3, -0.25) is 19.7 Å². The van der Waals surface area contributed by atoms with Crippen LogP contribution in [-0.4, -0.2) is 30.2 Å². The van der Waals surface area contributed by atoms with Crippen molar-refractivity contribution in [3.63, 3.8) is 0 Å². The average molecular weight is 304 g/mol. The molecule has 21 heavy (non-hydrogen) atoms. The Labute approximate surface area is 125 Å². The summed E-state index contributed by atoms with van der Waals surface area (Å²) in [6, 6.07) is 5.32. The fraction of sp³-hybridized carbons (Fsp3) is 0.214. The highest BCUT2D eigenvalue weighted by Gasteiger charge is 2.25. The number of hydrogen-bond donors (Lipinski definition) is 1. The molecule has 1 N–H and O–H groups in total. The summed E-state index contributed by atoms with van der Waals surface area (Å²) in [4.78, 5) is 36.2. The van der Waals surface area contributed by atoms with Crippen LogP contribution in [0.1, 0.15) is 12.5 Å². The highest BCUT2D eigenvalue weighted by atomic mass is 32.2. The third-order valence-corrected chi connectivity index (χ3v) is 3.98. The molecule has 3 rings (SSSR count). The normalized spacial score (nSPS) is 19.3. The molecule has 1 aromatic rings. The van der Waals surface area contributed by atoms with Crippen LogP contribution in [0.5, 0.6) is 5.75 Å². The van der Waals surface area contributed by atoms with Crippen molar-refractivity contribution in [2.75, 3.05) is 18.1 Å². The number of rotatable bonds is 1. The number of hydrogen-bond acceptors (Lipinski definition) is 5. The van der Waals surface area contributed by atoms with Crippen molar-refractivity contribution >= 4 is 40.6 Å². The van der Waals surface area contributed by atoms with Crippen molar-refractivity contribution in [1.29, 1.82) is 0 Å². The van der Waals surface area contributed by atoms with Gasteiger partial charge in [-0.05, 0) is 35.5 Å². The number of nitrogens with zero attached hydrogens (tertiary/aromatic N) is 1. The first-order valence-electron chi connectivity index (χ1n) is 6.34. The number of amides is 3. The van der Waals surface area contributed by atoms with E-state index in [1.54, 1.807) is 29.2 Å². The van der Waals surface area contributed by atoms with E-state index in [9.17, 15) is 14.4 Å². The second-order valence-electron chi connectivity index (χ2n) is 4.60. The van der Waals surface area contributed by atoms with Crippen LogP contribution in [0.15, 0.2) is 23.1 Å². The number of fused-ring (bicyclic) bond motifs is 1. The minimum absolute atomic E-state index is 0.0398. The second-order valence-corrected chi connectivity index (χ2v) is 5.61. The van der Waals surface area contributed by atoms with E-state index in [1.807, 2.05) is 0 Å². The topological polar surface area (TPSA) is 75.7 Å².